The zero-order valence-corrected chi connectivity index (χ0v) is 19.6. The van der Waals surface area contributed by atoms with Crippen molar-refractivity contribution in [3.63, 3.8) is 0 Å². The summed E-state index contributed by atoms with van der Waals surface area (Å²) >= 11 is 0. The average molecular weight is 499 g/mol. The summed E-state index contributed by atoms with van der Waals surface area (Å²) in [5, 5.41) is 14.5. The van der Waals surface area contributed by atoms with Gasteiger partial charge in [0.15, 0.2) is 5.78 Å². The molecular formula is C25H26FN3O7. The number of ketones is 1. The van der Waals surface area contributed by atoms with Crippen LogP contribution < -0.4 is 5.56 Å². The first-order chi connectivity index (χ1) is 17.3. The van der Waals surface area contributed by atoms with E-state index in [1.807, 2.05) is 0 Å². The number of piperidine rings is 1. The van der Waals surface area contributed by atoms with Gasteiger partial charge in [0.2, 0.25) is 0 Å². The Balaban J connectivity index is 1.27. The summed E-state index contributed by atoms with van der Waals surface area (Å²) in [5.74, 6) is -4.46. The predicted molar refractivity (Wildman–Crippen MR) is 121 cm³/mol. The summed E-state index contributed by atoms with van der Waals surface area (Å²) < 4.78 is 24.9. The molecular weight excluding hydrogens is 473 g/mol. The minimum atomic E-state index is -1.70. The van der Waals surface area contributed by atoms with Crippen LogP contribution >= 0.6 is 0 Å². The molecule has 1 spiro atoms. The Morgan fingerprint density at radius 2 is 1.75 bits per heavy atom. The SMILES string of the molecule is O=C1OC2(CCCc3nn(CCN4CCC(C(=O)c5ccc(F)cc5)CC4)c(=O)c(CO)c32)OC1=O. The van der Waals surface area contributed by atoms with Crippen LogP contribution in [0.25, 0.3) is 0 Å². The smallest absolute Gasteiger partial charge is 0.409 e. The third kappa shape index (κ3) is 4.33. The van der Waals surface area contributed by atoms with E-state index in [1.165, 1.54) is 28.9 Å². The lowest BCUT2D eigenvalue weighted by atomic mass is 9.87. The molecule has 2 saturated heterocycles. The van der Waals surface area contributed by atoms with Gasteiger partial charge in [-0.15, -0.1) is 0 Å². The van der Waals surface area contributed by atoms with Crippen molar-refractivity contribution in [2.45, 2.75) is 51.0 Å². The number of carbonyl (C=O) groups excluding carboxylic acids is 3. The number of halogens is 1. The van der Waals surface area contributed by atoms with Gasteiger partial charge in [-0.3, -0.25) is 9.59 Å². The molecule has 1 N–H and O–H groups in total. The molecule has 0 radical (unpaired) electrons. The number of hydrogen-bond acceptors (Lipinski definition) is 9. The average Bonchev–Trinajstić information content (AvgIpc) is 3.16. The van der Waals surface area contributed by atoms with Crippen molar-refractivity contribution in [3.05, 3.63) is 62.8 Å². The summed E-state index contributed by atoms with van der Waals surface area (Å²) in [4.78, 5) is 51.5. The first-order valence-electron chi connectivity index (χ1n) is 12.0. The van der Waals surface area contributed by atoms with Crippen LogP contribution in [0, 0.1) is 11.7 Å². The van der Waals surface area contributed by atoms with E-state index in [2.05, 4.69) is 10.00 Å². The van der Waals surface area contributed by atoms with E-state index in [1.54, 1.807) is 0 Å². The third-order valence-electron chi connectivity index (χ3n) is 7.18. The number of aliphatic hydroxyl groups is 1. The first kappa shape index (κ1) is 24.3. The van der Waals surface area contributed by atoms with E-state index in [9.17, 15) is 28.7 Å². The molecule has 0 atom stereocenters. The van der Waals surface area contributed by atoms with Gasteiger partial charge in [0, 0.05) is 24.4 Å². The number of esters is 2. The fourth-order valence-corrected chi connectivity index (χ4v) is 5.33. The number of aryl methyl sites for hydroxylation is 1. The number of Topliss-reactive ketones (excluding diaryl/α,β-unsaturated/α-hetero) is 1. The molecule has 1 aromatic carbocycles. The van der Waals surface area contributed by atoms with Crippen LogP contribution in [0.15, 0.2) is 29.1 Å². The van der Waals surface area contributed by atoms with Crippen molar-refractivity contribution < 1.29 is 33.4 Å². The number of likely N-dealkylation sites (tertiary alicyclic amines) is 1. The Hall–Kier alpha value is -3.44. The van der Waals surface area contributed by atoms with Gasteiger partial charge in [-0.2, -0.15) is 5.10 Å². The largest absolute Gasteiger partial charge is 0.421 e. The highest BCUT2D eigenvalue weighted by Gasteiger charge is 2.54. The molecule has 2 aliphatic heterocycles. The van der Waals surface area contributed by atoms with Crippen molar-refractivity contribution in [2.75, 3.05) is 19.6 Å². The van der Waals surface area contributed by atoms with Crippen LogP contribution in [0.5, 0.6) is 0 Å². The molecule has 36 heavy (non-hydrogen) atoms. The highest BCUT2D eigenvalue weighted by Crippen LogP contribution is 2.43. The summed E-state index contributed by atoms with van der Waals surface area (Å²) in [7, 11) is 0. The van der Waals surface area contributed by atoms with E-state index < -0.39 is 29.9 Å². The second-order valence-electron chi connectivity index (χ2n) is 9.36. The summed E-state index contributed by atoms with van der Waals surface area (Å²) in [6, 6.07) is 5.59. The Labute approximate surface area is 205 Å². The summed E-state index contributed by atoms with van der Waals surface area (Å²) in [6.45, 7) is 1.50. The van der Waals surface area contributed by atoms with Crippen molar-refractivity contribution in [2.24, 2.45) is 5.92 Å². The number of aliphatic hydroxyl groups excluding tert-OH is 1. The van der Waals surface area contributed by atoms with Gasteiger partial charge in [-0.05, 0) is 63.0 Å². The second kappa shape index (κ2) is 9.55. The topological polar surface area (TPSA) is 128 Å². The van der Waals surface area contributed by atoms with E-state index in [0.29, 0.717) is 56.6 Å². The maximum atomic E-state index is 13.1. The predicted octanol–water partition coefficient (Wildman–Crippen LogP) is 1.06. The molecule has 11 heteroatoms. The molecule has 0 bridgehead atoms. The van der Waals surface area contributed by atoms with E-state index in [0.717, 1.165) is 0 Å². The maximum Gasteiger partial charge on any atom is 0.421 e. The summed E-state index contributed by atoms with van der Waals surface area (Å²) in [5.41, 5.74) is 0.615. The fraction of sp³-hybridized carbons (Fsp3) is 0.480. The molecule has 3 aliphatic rings. The van der Waals surface area contributed by atoms with Crippen molar-refractivity contribution >= 4 is 17.7 Å². The number of rotatable bonds is 6. The minimum Gasteiger partial charge on any atom is -0.409 e. The third-order valence-corrected chi connectivity index (χ3v) is 7.18. The van der Waals surface area contributed by atoms with Crippen molar-refractivity contribution in [3.8, 4) is 0 Å². The van der Waals surface area contributed by atoms with Gasteiger partial charge < -0.3 is 19.5 Å². The number of nitrogens with zero attached hydrogens (tertiary/aromatic N) is 3. The van der Waals surface area contributed by atoms with Crippen LogP contribution in [0.4, 0.5) is 4.39 Å². The zero-order valence-electron chi connectivity index (χ0n) is 19.6. The number of carbonyl (C=O) groups is 3. The van der Waals surface area contributed by atoms with Gasteiger partial charge >= 0.3 is 11.9 Å². The monoisotopic (exact) mass is 499 g/mol. The lowest BCUT2D eigenvalue weighted by molar-refractivity contribution is -0.190. The van der Waals surface area contributed by atoms with Gasteiger partial charge in [0.25, 0.3) is 11.3 Å². The Morgan fingerprint density at radius 1 is 1.08 bits per heavy atom. The lowest BCUT2D eigenvalue weighted by Gasteiger charge is -2.33. The van der Waals surface area contributed by atoms with E-state index in [4.69, 9.17) is 9.47 Å². The molecule has 10 nitrogen and oxygen atoms in total. The van der Waals surface area contributed by atoms with Crippen LogP contribution in [-0.2, 0) is 44.4 Å². The number of fused-ring (bicyclic) bond motifs is 2. The molecule has 0 amide bonds. The van der Waals surface area contributed by atoms with Crippen LogP contribution in [0.2, 0.25) is 0 Å². The molecule has 2 aromatic rings. The first-order valence-corrected chi connectivity index (χ1v) is 12.0. The molecule has 190 valence electrons. The Kier molecular flexibility index (Phi) is 6.44. The van der Waals surface area contributed by atoms with Gasteiger partial charge in [-0.1, -0.05) is 0 Å². The summed E-state index contributed by atoms with van der Waals surface area (Å²) in [6.07, 6.45) is 2.52. The molecule has 1 aromatic heterocycles. The molecule has 1 aliphatic carbocycles. The van der Waals surface area contributed by atoms with Crippen molar-refractivity contribution in [1.29, 1.82) is 0 Å². The zero-order chi connectivity index (χ0) is 25.4. The standard InChI is InChI=1S/C25H26FN3O7/c26-17-5-3-15(4-6-17)21(31)16-7-10-28(11-8-16)12-13-29-22(32)18(14-30)20-19(27-29)2-1-9-25(20)35-23(33)24(34)36-25/h3-6,16,30H,1-2,7-14H2. The highest BCUT2D eigenvalue weighted by atomic mass is 19.1. The normalized spacial score (nSPS) is 19.7. The Bertz CT molecular complexity index is 1250. The molecule has 0 saturated carbocycles. The lowest BCUT2D eigenvalue weighted by Crippen LogP contribution is -2.42. The van der Waals surface area contributed by atoms with Crippen LogP contribution in [0.1, 0.15) is 52.9 Å². The minimum absolute atomic E-state index is 0.00537. The van der Waals surface area contributed by atoms with E-state index >= 15 is 0 Å². The van der Waals surface area contributed by atoms with Crippen LogP contribution in [0.3, 0.4) is 0 Å². The number of benzene rings is 1. The number of hydrogen-bond donors (Lipinski definition) is 1. The molecule has 0 unspecified atom stereocenters. The van der Waals surface area contributed by atoms with Crippen molar-refractivity contribution in [1.82, 2.24) is 14.7 Å². The molecule has 5 rings (SSSR count). The second-order valence-corrected chi connectivity index (χ2v) is 9.36. The van der Waals surface area contributed by atoms with E-state index in [-0.39, 0.29) is 41.6 Å². The molecule has 2 fully saturated rings. The number of aromatic nitrogens is 2. The fourth-order valence-electron chi connectivity index (χ4n) is 5.33. The molecule has 3 heterocycles. The Morgan fingerprint density at radius 3 is 2.39 bits per heavy atom. The highest BCUT2D eigenvalue weighted by molar-refractivity contribution is 6.31. The van der Waals surface area contributed by atoms with Gasteiger partial charge in [-0.25, -0.2) is 18.7 Å². The number of ether oxygens (including phenoxy) is 2. The van der Waals surface area contributed by atoms with Crippen LogP contribution in [-0.4, -0.2) is 57.1 Å². The maximum absolute atomic E-state index is 13.1. The van der Waals surface area contributed by atoms with Gasteiger partial charge in [0.1, 0.15) is 5.82 Å². The quantitative estimate of drug-likeness (QED) is 0.352. The van der Waals surface area contributed by atoms with Gasteiger partial charge in [0.05, 0.1) is 30.0 Å².